The van der Waals surface area contributed by atoms with Gasteiger partial charge in [0.15, 0.2) is 0 Å². The van der Waals surface area contributed by atoms with Crippen LogP contribution >= 0.6 is 0 Å². The first-order valence-corrected chi connectivity index (χ1v) is 4.06. The normalized spacial score (nSPS) is 12.2. The number of nitrogens with two attached hydrogens (primary N) is 1. The molecule has 0 aliphatic rings. The summed E-state index contributed by atoms with van der Waals surface area (Å²) in [5.41, 5.74) is 6.06. The predicted octanol–water partition coefficient (Wildman–Crippen LogP) is 0.263. The van der Waals surface area contributed by atoms with Gasteiger partial charge in [0.2, 0.25) is 0 Å². The van der Waals surface area contributed by atoms with Gasteiger partial charge in [0.25, 0.3) is 0 Å². The quantitative estimate of drug-likeness (QED) is 0.708. The van der Waals surface area contributed by atoms with Gasteiger partial charge in [0.05, 0.1) is 13.3 Å². The lowest BCUT2D eigenvalue weighted by molar-refractivity contribution is -0.142. The zero-order valence-corrected chi connectivity index (χ0v) is 7.74. The number of ether oxygens (including phenoxy) is 1. The SMILES string of the molecule is COC(=O)C(N)Cc1cncc(F)c1. The average Bonchev–Trinajstić information content (AvgIpc) is 2.16. The van der Waals surface area contributed by atoms with E-state index in [4.69, 9.17) is 5.73 Å². The Labute approximate surface area is 80.9 Å². The van der Waals surface area contributed by atoms with Crippen LogP contribution in [0.5, 0.6) is 0 Å². The van der Waals surface area contributed by atoms with Gasteiger partial charge in [-0.25, -0.2) is 4.39 Å². The summed E-state index contributed by atoms with van der Waals surface area (Å²) < 4.78 is 17.1. The summed E-state index contributed by atoms with van der Waals surface area (Å²) in [5, 5.41) is 0. The summed E-state index contributed by atoms with van der Waals surface area (Å²) in [6.07, 6.45) is 2.77. The number of pyridine rings is 1. The fourth-order valence-corrected chi connectivity index (χ4v) is 1.06. The van der Waals surface area contributed by atoms with E-state index in [2.05, 4.69) is 9.72 Å². The first-order chi connectivity index (χ1) is 6.63. The maximum atomic E-state index is 12.7. The third-order valence-electron chi connectivity index (χ3n) is 1.72. The van der Waals surface area contributed by atoms with Crippen LogP contribution in [0.3, 0.4) is 0 Å². The van der Waals surface area contributed by atoms with Crippen LogP contribution in [0, 0.1) is 5.82 Å². The van der Waals surface area contributed by atoms with Gasteiger partial charge in [0.1, 0.15) is 11.9 Å². The number of esters is 1. The van der Waals surface area contributed by atoms with Crippen molar-refractivity contribution in [3.8, 4) is 0 Å². The Bertz CT molecular complexity index is 330. The van der Waals surface area contributed by atoms with E-state index in [1.165, 1.54) is 19.4 Å². The number of hydrogen-bond donors (Lipinski definition) is 1. The van der Waals surface area contributed by atoms with Crippen molar-refractivity contribution in [3.05, 3.63) is 29.8 Å². The molecule has 14 heavy (non-hydrogen) atoms. The molecule has 76 valence electrons. The minimum atomic E-state index is -0.774. The summed E-state index contributed by atoms with van der Waals surface area (Å²) >= 11 is 0. The molecule has 0 bridgehead atoms. The highest BCUT2D eigenvalue weighted by atomic mass is 19.1. The Balaban J connectivity index is 2.64. The Morgan fingerprint density at radius 3 is 3.00 bits per heavy atom. The summed E-state index contributed by atoms with van der Waals surface area (Å²) in [6, 6.07) is 0.513. The average molecular weight is 198 g/mol. The summed E-state index contributed by atoms with van der Waals surface area (Å²) in [6.45, 7) is 0. The van der Waals surface area contributed by atoms with E-state index >= 15 is 0 Å². The highest BCUT2D eigenvalue weighted by Gasteiger charge is 2.14. The number of rotatable bonds is 3. The topological polar surface area (TPSA) is 65.2 Å². The molecular formula is C9H11FN2O2. The number of aromatic nitrogens is 1. The highest BCUT2D eigenvalue weighted by molar-refractivity contribution is 5.75. The Morgan fingerprint density at radius 1 is 1.71 bits per heavy atom. The second-order valence-electron chi connectivity index (χ2n) is 2.85. The molecule has 0 amide bonds. The van der Waals surface area contributed by atoms with E-state index in [1.54, 1.807) is 0 Å². The molecule has 0 saturated heterocycles. The highest BCUT2D eigenvalue weighted by Crippen LogP contribution is 2.04. The molecule has 1 unspecified atom stereocenters. The minimum Gasteiger partial charge on any atom is -0.468 e. The number of hydrogen-bond acceptors (Lipinski definition) is 4. The van der Waals surface area contributed by atoms with Crippen molar-refractivity contribution in [2.24, 2.45) is 5.73 Å². The third kappa shape index (κ3) is 2.77. The van der Waals surface area contributed by atoms with E-state index in [1.807, 2.05) is 0 Å². The second kappa shape index (κ2) is 4.66. The first-order valence-electron chi connectivity index (χ1n) is 4.06. The van der Waals surface area contributed by atoms with Crippen LogP contribution in [0.25, 0.3) is 0 Å². The Kier molecular flexibility index (Phi) is 3.53. The molecule has 0 aliphatic heterocycles. The van der Waals surface area contributed by atoms with Crippen LogP contribution in [-0.2, 0) is 16.0 Å². The summed E-state index contributed by atoms with van der Waals surface area (Å²) in [5.74, 6) is -0.964. The zero-order chi connectivity index (χ0) is 10.6. The monoisotopic (exact) mass is 198 g/mol. The van der Waals surface area contributed by atoms with Crippen LogP contribution in [-0.4, -0.2) is 24.1 Å². The molecule has 1 heterocycles. The van der Waals surface area contributed by atoms with Crippen LogP contribution in [0.4, 0.5) is 4.39 Å². The van der Waals surface area contributed by atoms with Crippen molar-refractivity contribution in [2.75, 3.05) is 7.11 Å². The maximum absolute atomic E-state index is 12.7. The molecule has 1 atom stereocenters. The van der Waals surface area contributed by atoms with Gasteiger partial charge in [-0.05, 0) is 18.1 Å². The molecule has 0 aliphatic carbocycles. The van der Waals surface area contributed by atoms with Crippen molar-refractivity contribution >= 4 is 5.97 Å². The third-order valence-corrected chi connectivity index (χ3v) is 1.72. The molecular weight excluding hydrogens is 187 g/mol. The number of halogens is 1. The molecule has 5 heteroatoms. The van der Waals surface area contributed by atoms with E-state index in [9.17, 15) is 9.18 Å². The van der Waals surface area contributed by atoms with Crippen LogP contribution in [0.15, 0.2) is 18.5 Å². The second-order valence-corrected chi connectivity index (χ2v) is 2.85. The molecule has 0 spiro atoms. The van der Waals surface area contributed by atoms with Crippen molar-refractivity contribution < 1.29 is 13.9 Å². The van der Waals surface area contributed by atoms with Gasteiger partial charge < -0.3 is 10.5 Å². The first kappa shape index (κ1) is 10.6. The van der Waals surface area contributed by atoms with Gasteiger partial charge in [0, 0.05) is 6.20 Å². The number of carbonyl (C=O) groups is 1. The number of methoxy groups -OCH3 is 1. The lowest BCUT2D eigenvalue weighted by Gasteiger charge is -2.08. The molecule has 0 aromatic carbocycles. The fourth-order valence-electron chi connectivity index (χ4n) is 1.06. The minimum absolute atomic E-state index is 0.220. The molecule has 2 N–H and O–H groups in total. The molecule has 0 saturated carbocycles. The lowest BCUT2D eigenvalue weighted by atomic mass is 10.1. The smallest absolute Gasteiger partial charge is 0.322 e. The molecule has 1 aromatic rings. The number of carbonyl (C=O) groups excluding carboxylic acids is 1. The predicted molar refractivity (Wildman–Crippen MR) is 47.9 cm³/mol. The maximum Gasteiger partial charge on any atom is 0.322 e. The molecule has 1 aromatic heterocycles. The summed E-state index contributed by atoms with van der Waals surface area (Å²) in [7, 11) is 1.26. The molecule has 0 radical (unpaired) electrons. The van der Waals surface area contributed by atoms with Gasteiger partial charge >= 0.3 is 5.97 Å². The summed E-state index contributed by atoms with van der Waals surface area (Å²) in [4.78, 5) is 14.6. The van der Waals surface area contributed by atoms with E-state index in [0.29, 0.717) is 5.56 Å². The van der Waals surface area contributed by atoms with E-state index < -0.39 is 17.8 Å². The van der Waals surface area contributed by atoms with Crippen molar-refractivity contribution in [1.82, 2.24) is 4.98 Å². The lowest BCUT2D eigenvalue weighted by Crippen LogP contribution is -2.33. The van der Waals surface area contributed by atoms with Gasteiger partial charge in [-0.15, -0.1) is 0 Å². The molecule has 1 rings (SSSR count). The van der Waals surface area contributed by atoms with E-state index in [-0.39, 0.29) is 6.42 Å². The van der Waals surface area contributed by atoms with E-state index in [0.717, 1.165) is 6.20 Å². The Hall–Kier alpha value is -1.49. The van der Waals surface area contributed by atoms with Crippen molar-refractivity contribution in [3.63, 3.8) is 0 Å². The molecule has 0 fully saturated rings. The fraction of sp³-hybridized carbons (Fsp3) is 0.333. The largest absolute Gasteiger partial charge is 0.468 e. The van der Waals surface area contributed by atoms with Gasteiger partial charge in [-0.3, -0.25) is 9.78 Å². The van der Waals surface area contributed by atoms with Crippen LogP contribution in [0.1, 0.15) is 5.56 Å². The Morgan fingerprint density at radius 2 is 2.43 bits per heavy atom. The van der Waals surface area contributed by atoms with Crippen molar-refractivity contribution in [2.45, 2.75) is 12.5 Å². The van der Waals surface area contributed by atoms with Crippen molar-refractivity contribution in [1.29, 1.82) is 0 Å². The number of nitrogens with zero attached hydrogens (tertiary/aromatic N) is 1. The standard InChI is InChI=1S/C9H11FN2O2/c1-14-9(13)8(11)3-6-2-7(10)5-12-4-6/h2,4-5,8H,3,11H2,1H3. The van der Waals surface area contributed by atoms with Crippen LogP contribution in [0.2, 0.25) is 0 Å². The van der Waals surface area contributed by atoms with Crippen LogP contribution < -0.4 is 5.73 Å². The molecule has 4 nitrogen and oxygen atoms in total. The van der Waals surface area contributed by atoms with Gasteiger partial charge in [-0.2, -0.15) is 0 Å². The van der Waals surface area contributed by atoms with Gasteiger partial charge in [-0.1, -0.05) is 0 Å². The zero-order valence-electron chi connectivity index (χ0n) is 7.74.